The van der Waals surface area contributed by atoms with Gasteiger partial charge in [-0.15, -0.1) is 0 Å². The molecule has 0 fully saturated rings. The lowest BCUT2D eigenvalue weighted by Gasteiger charge is -2.15. The van der Waals surface area contributed by atoms with Gasteiger partial charge in [0.2, 0.25) is 5.95 Å². The van der Waals surface area contributed by atoms with Gasteiger partial charge in [0.15, 0.2) is 5.82 Å². The van der Waals surface area contributed by atoms with E-state index in [1.165, 1.54) is 18.3 Å². The number of hydrogen-bond donors (Lipinski definition) is 2. The van der Waals surface area contributed by atoms with Crippen LogP contribution in [0.3, 0.4) is 0 Å². The Morgan fingerprint density at radius 2 is 2.22 bits per heavy atom. The Balaban J connectivity index is 2.21. The molecule has 0 radical (unpaired) electrons. The molecule has 0 bridgehead atoms. The van der Waals surface area contributed by atoms with Crippen LogP contribution in [0.2, 0.25) is 5.02 Å². The molecule has 6 heteroatoms. The highest BCUT2D eigenvalue weighted by atomic mass is 35.5. The van der Waals surface area contributed by atoms with Crippen molar-refractivity contribution < 1.29 is 4.39 Å². The third-order valence-electron chi connectivity index (χ3n) is 2.46. The van der Waals surface area contributed by atoms with Gasteiger partial charge in [-0.1, -0.05) is 23.7 Å². The number of nitrogen functional groups attached to an aromatic ring is 1. The van der Waals surface area contributed by atoms with Crippen molar-refractivity contribution in [3.63, 3.8) is 0 Å². The van der Waals surface area contributed by atoms with Crippen LogP contribution < -0.4 is 11.1 Å². The van der Waals surface area contributed by atoms with Crippen LogP contribution in [0.25, 0.3) is 0 Å². The van der Waals surface area contributed by atoms with E-state index in [1.807, 2.05) is 13.0 Å². The molecule has 0 saturated heterocycles. The van der Waals surface area contributed by atoms with Gasteiger partial charge >= 0.3 is 0 Å². The molecule has 1 heterocycles. The first-order valence-corrected chi connectivity index (χ1v) is 5.74. The summed E-state index contributed by atoms with van der Waals surface area (Å²) in [5, 5.41) is 3.43. The summed E-state index contributed by atoms with van der Waals surface area (Å²) in [6.45, 7) is 1.88. The van der Waals surface area contributed by atoms with E-state index < -0.39 is 0 Å². The van der Waals surface area contributed by atoms with E-state index in [4.69, 9.17) is 17.3 Å². The van der Waals surface area contributed by atoms with E-state index in [1.54, 1.807) is 6.07 Å². The van der Waals surface area contributed by atoms with E-state index in [0.717, 1.165) is 5.56 Å². The van der Waals surface area contributed by atoms with Crippen LogP contribution >= 0.6 is 11.6 Å². The van der Waals surface area contributed by atoms with Crippen LogP contribution in [0.1, 0.15) is 18.5 Å². The second-order valence-corrected chi connectivity index (χ2v) is 4.25. The van der Waals surface area contributed by atoms with Crippen molar-refractivity contribution in [1.82, 2.24) is 9.97 Å². The van der Waals surface area contributed by atoms with Gasteiger partial charge in [-0.25, -0.2) is 9.37 Å². The van der Waals surface area contributed by atoms with Crippen LogP contribution in [0.4, 0.5) is 16.2 Å². The molecule has 0 amide bonds. The molecule has 18 heavy (non-hydrogen) atoms. The fourth-order valence-corrected chi connectivity index (χ4v) is 1.69. The third kappa shape index (κ3) is 2.87. The molecule has 2 aromatic rings. The molecule has 1 unspecified atom stereocenters. The van der Waals surface area contributed by atoms with Crippen molar-refractivity contribution in [2.45, 2.75) is 13.0 Å². The maximum Gasteiger partial charge on any atom is 0.222 e. The molecular weight excluding hydrogens is 255 g/mol. The highest BCUT2D eigenvalue weighted by Crippen LogP contribution is 2.24. The summed E-state index contributed by atoms with van der Waals surface area (Å²) in [6, 6.07) is 6.17. The molecule has 0 saturated carbocycles. The van der Waals surface area contributed by atoms with Crippen LogP contribution in [0.5, 0.6) is 0 Å². The van der Waals surface area contributed by atoms with Crippen LogP contribution in [-0.2, 0) is 0 Å². The Labute approximate surface area is 109 Å². The average molecular weight is 267 g/mol. The van der Waals surface area contributed by atoms with Crippen LogP contribution in [0.15, 0.2) is 30.5 Å². The van der Waals surface area contributed by atoms with Crippen molar-refractivity contribution in [3.8, 4) is 0 Å². The van der Waals surface area contributed by atoms with E-state index in [2.05, 4.69) is 15.3 Å². The average Bonchev–Trinajstić information content (AvgIpc) is 2.34. The number of anilines is 2. The summed E-state index contributed by atoms with van der Waals surface area (Å²) < 4.78 is 13.1. The van der Waals surface area contributed by atoms with Crippen LogP contribution in [0, 0.1) is 5.82 Å². The lowest BCUT2D eigenvalue weighted by atomic mass is 10.1. The van der Waals surface area contributed by atoms with E-state index in [9.17, 15) is 4.39 Å². The Hall–Kier alpha value is -1.88. The molecule has 0 spiro atoms. The Kier molecular flexibility index (Phi) is 3.62. The molecule has 1 aromatic carbocycles. The summed E-state index contributed by atoms with van der Waals surface area (Å²) >= 11 is 5.94. The monoisotopic (exact) mass is 266 g/mol. The maximum atomic E-state index is 13.1. The van der Waals surface area contributed by atoms with Gasteiger partial charge in [0.05, 0.1) is 12.2 Å². The first-order chi connectivity index (χ1) is 8.56. The van der Waals surface area contributed by atoms with Gasteiger partial charge in [0.1, 0.15) is 10.8 Å². The molecule has 0 aliphatic carbocycles. The number of halogens is 2. The molecule has 1 aromatic heterocycles. The number of rotatable bonds is 3. The zero-order valence-corrected chi connectivity index (χ0v) is 10.4. The SMILES string of the molecule is CC(Nc1nc(N)ncc1Cl)c1cccc(F)c1. The molecule has 3 N–H and O–H groups in total. The molecular formula is C12H12ClFN4. The number of aromatic nitrogens is 2. The van der Waals surface area contributed by atoms with Crippen molar-refractivity contribution in [2.24, 2.45) is 0 Å². The largest absolute Gasteiger partial charge is 0.368 e. The standard InChI is InChI=1S/C12H12ClFN4/c1-7(8-3-2-4-9(14)5-8)17-11-10(13)6-16-12(15)18-11/h2-7H,1H3,(H3,15,16,17,18). The summed E-state index contributed by atoms with van der Waals surface area (Å²) in [7, 11) is 0. The Morgan fingerprint density at radius 3 is 2.94 bits per heavy atom. The first kappa shape index (κ1) is 12.6. The van der Waals surface area contributed by atoms with E-state index in [0.29, 0.717) is 10.8 Å². The van der Waals surface area contributed by atoms with Gasteiger partial charge in [-0.05, 0) is 24.6 Å². The second-order valence-electron chi connectivity index (χ2n) is 3.85. The van der Waals surface area contributed by atoms with Crippen molar-refractivity contribution >= 4 is 23.4 Å². The molecule has 4 nitrogen and oxygen atoms in total. The van der Waals surface area contributed by atoms with Crippen molar-refractivity contribution in [3.05, 3.63) is 46.9 Å². The number of nitrogens with zero attached hydrogens (tertiary/aromatic N) is 2. The van der Waals surface area contributed by atoms with Gasteiger partial charge < -0.3 is 11.1 Å². The quantitative estimate of drug-likeness (QED) is 0.896. The van der Waals surface area contributed by atoms with Crippen LogP contribution in [-0.4, -0.2) is 9.97 Å². The first-order valence-electron chi connectivity index (χ1n) is 5.36. The number of hydrogen-bond acceptors (Lipinski definition) is 4. The summed E-state index contributed by atoms with van der Waals surface area (Å²) in [4.78, 5) is 7.76. The molecule has 94 valence electrons. The second kappa shape index (κ2) is 5.18. The topological polar surface area (TPSA) is 63.8 Å². The maximum absolute atomic E-state index is 13.1. The van der Waals surface area contributed by atoms with Crippen molar-refractivity contribution in [1.29, 1.82) is 0 Å². The predicted molar refractivity (Wildman–Crippen MR) is 69.9 cm³/mol. The minimum atomic E-state index is -0.283. The van der Waals surface area contributed by atoms with Gasteiger partial charge in [0.25, 0.3) is 0 Å². The Morgan fingerprint density at radius 1 is 1.44 bits per heavy atom. The number of nitrogens with one attached hydrogen (secondary N) is 1. The van der Waals surface area contributed by atoms with Gasteiger partial charge in [-0.3, -0.25) is 0 Å². The molecule has 1 atom stereocenters. The summed E-state index contributed by atoms with van der Waals surface area (Å²) in [6.07, 6.45) is 1.42. The number of benzene rings is 1. The predicted octanol–water partition coefficient (Wildman–Crippen LogP) is 3.02. The zero-order chi connectivity index (χ0) is 13.1. The number of nitrogens with two attached hydrogens (primary N) is 1. The highest BCUT2D eigenvalue weighted by Gasteiger charge is 2.10. The van der Waals surface area contributed by atoms with E-state index >= 15 is 0 Å². The lowest BCUT2D eigenvalue weighted by Crippen LogP contribution is -2.10. The summed E-state index contributed by atoms with van der Waals surface area (Å²) in [5.74, 6) is 0.281. The molecule has 2 rings (SSSR count). The van der Waals surface area contributed by atoms with E-state index in [-0.39, 0.29) is 17.8 Å². The fraction of sp³-hybridized carbons (Fsp3) is 0.167. The Bertz CT molecular complexity index is 562. The minimum Gasteiger partial charge on any atom is -0.368 e. The highest BCUT2D eigenvalue weighted by molar-refractivity contribution is 6.32. The smallest absolute Gasteiger partial charge is 0.222 e. The molecule has 0 aliphatic rings. The lowest BCUT2D eigenvalue weighted by molar-refractivity contribution is 0.623. The zero-order valence-electron chi connectivity index (χ0n) is 9.69. The van der Waals surface area contributed by atoms with Gasteiger partial charge in [-0.2, -0.15) is 4.98 Å². The van der Waals surface area contributed by atoms with Gasteiger partial charge in [0, 0.05) is 0 Å². The summed E-state index contributed by atoms with van der Waals surface area (Å²) in [5.41, 5.74) is 6.28. The molecule has 0 aliphatic heterocycles. The normalized spacial score (nSPS) is 12.2. The third-order valence-corrected chi connectivity index (χ3v) is 2.74. The minimum absolute atomic E-state index is 0.133. The fourth-order valence-electron chi connectivity index (χ4n) is 1.55. The van der Waals surface area contributed by atoms with Crippen molar-refractivity contribution in [2.75, 3.05) is 11.1 Å².